The van der Waals surface area contributed by atoms with Gasteiger partial charge in [0.2, 0.25) is 0 Å². The van der Waals surface area contributed by atoms with Crippen molar-refractivity contribution in [3.63, 3.8) is 0 Å². The second kappa shape index (κ2) is 12.9. The molecule has 0 spiro atoms. The van der Waals surface area contributed by atoms with E-state index < -0.39 is 12.0 Å². The highest BCUT2D eigenvalue weighted by atomic mass is 32.1. The van der Waals surface area contributed by atoms with Crippen molar-refractivity contribution in [3.05, 3.63) is 126 Å². The smallest absolute Gasteiger partial charge is 0.338 e. The van der Waals surface area contributed by atoms with Crippen LogP contribution in [0.4, 0.5) is 0 Å². The van der Waals surface area contributed by atoms with Crippen LogP contribution in [0.1, 0.15) is 59.7 Å². The molecule has 1 aliphatic heterocycles. The lowest BCUT2D eigenvalue weighted by Crippen LogP contribution is -2.40. The van der Waals surface area contributed by atoms with E-state index in [-0.39, 0.29) is 18.1 Å². The molecule has 0 saturated carbocycles. The van der Waals surface area contributed by atoms with Gasteiger partial charge in [-0.15, -0.1) is 0 Å². The number of methoxy groups -OCH3 is 1. The van der Waals surface area contributed by atoms with Crippen LogP contribution in [0.2, 0.25) is 0 Å². The maximum Gasteiger partial charge on any atom is 0.338 e. The Morgan fingerprint density at radius 2 is 1.64 bits per heavy atom. The number of allylic oxidation sites excluding steroid dienone is 1. The van der Waals surface area contributed by atoms with Crippen LogP contribution in [-0.2, 0) is 14.3 Å². The van der Waals surface area contributed by atoms with Crippen LogP contribution < -0.4 is 19.6 Å². The highest BCUT2D eigenvalue weighted by Crippen LogP contribution is 2.40. The predicted octanol–water partition coefficient (Wildman–Crippen LogP) is 5.54. The molecular formula is C37H35N3O6S. The summed E-state index contributed by atoms with van der Waals surface area (Å²) in [6.07, 6.45) is 1.87. The Morgan fingerprint density at radius 1 is 0.936 bits per heavy atom. The molecule has 3 aromatic carbocycles. The second-order valence-electron chi connectivity index (χ2n) is 11.1. The minimum atomic E-state index is -0.821. The molecule has 10 heteroatoms. The second-order valence-corrected chi connectivity index (χ2v) is 12.1. The number of ether oxygens (including phenoxy) is 3. The number of hydrogen-bond acceptors (Lipinski definition) is 8. The molecule has 0 radical (unpaired) electrons. The molecule has 1 aliphatic rings. The summed E-state index contributed by atoms with van der Waals surface area (Å²) in [6.45, 7) is 9.77. The number of carbonyl (C=O) groups is 2. The Balaban J connectivity index is 1.53. The fourth-order valence-electron chi connectivity index (χ4n) is 6.23. The van der Waals surface area contributed by atoms with Gasteiger partial charge in [-0.25, -0.2) is 14.6 Å². The first kappa shape index (κ1) is 31.7. The van der Waals surface area contributed by atoms with E-state index in [2.05, 4.69) is 4.57 Å². The third-order valence-electron chi connectivity index (χ3n) is 8.33. The van der Waals surface area contributed by atoms with Crippen molar-refractivity contribution in [1.29, 1.82) is 0 Å². The van der Waals surface area contributed by atoms with Gasteiger partial charge in [0.15, 0.2) is 4.80 Å². The largest absolute Gasteiger partial charge is 0.496 e. The molecule has 2 aromatic heterocycles. The van der Waals surface area contributed by atoms with E-state index in [1.165, 1.54) is 11.3 Å². The third kappa shape index (κ3) is 5.59. The minimum Gasteiger partial charge on any atom is -0.496 e. The summed E-state index contributed by atoms with van der Waals surface area (Å²) < 4.78 is 20.6. The molecule has 6 rings (SSSR count). The van der Waals surface area contributed by atoms with E-state index in [9.17, 15) is 14.4 Å². The molecule has 0 unspecified atom stereocenters. The van der Waals surface area contributed by atoms with Gasteiger partial charge < -0.3 is 18.8 Å². The van der Waals surface area contributed by atoms with Gasteiger partial charge in [0.25, 0.3) is 5.56 Å². The van der Waals surface area contributed by atoms with Crippen LogP contribution in [-0.4, -0.2) is 41.4 Å². The van der Waals surface area contributed by atoms with Crippen LogP contribution >= 0.6 is 11.3 Å². The number of aromatic nitrogens is 2. The van der Waals surface area contributed by atoms with Crippen molar-refractivity contribution in [2.24, 2.45) is 4.99 Å². The number of fused-ring (bicyclic) bond motifs is 2. The Bertz CT molecular complexity index is 2260. The number of benzene rings is 3. The number of hydrogen-bond donors (Lipinski definition) is 0. The predicted molar refractivity (Wildman–Crippen MR) is 182 cm³/mol. The normalized spacial score (nSPS) is 14.6. The van der Waals surface area contributed by atoms with E-state index in [1.54, 1.807) is 44.6 Å². The number of esters is 2. The first-order valence-corrected chi connectivity index (χ1v) is 16.2. The lowest BCUT2D eigenvalue weighted by atomic mass is 9.90. The monoisotopic (exact) mass is 649 g/mol. The van der Waals surface area contributed by atoms with Crippen LogP contribution in [0, 0.1) is 13.8 Å². The van der Waals surface area contributed by atoms with Crippen LogP contribution in [0.25, 0.3) is 22.5 Å². The molecule has 9 nitrogen and oxygen atoms in total. The molecule has 0 bridgehead atoms. The SMILES string of the molecule is CCOC(=O)C1=C(C)N=c2s/c(=C/c3cc(C)n(-c4ccc(C(=O)OCC)cc4)c3C)c(=O)n2[C@@H]1c1c(OC)ccc2ccccc12. The zero-order valence-electron chi connectivity index (χ0n) is 27.1. The third-order valence-corrected chi connectivity index (χ3v) is 9.32. The first-order valence-electron chi connectivity index (χ1n) is 15.4. The Morgan fingerprint density at radius 3 is 2.34 bits per heavy atom. The van der Waals surface area contributed by atoms with Crippen molar-refractivity contribution in [3.8, 4) is 11.4 Å². The van der Waals surface area contributed by atoms with Gasteiger partial charge in [-0.05, 0) is 93.4 Å². The average molecular weight is 650 g/mol. The van der Waals surface area contributed by atoms with E-state index >= 15 is 0 Å². The molecular weight excluding hydrogens is 614 g/mol. The number of rotatable bonds is 8. The van der Waals surface area contributed by atoms with Gasteiger partial charge in [0.1, 0.15) is 11.8 Å². The van der Waals surface area contributed by atoms with Crippen LogP contribution in [0.3, 0.4) is 0 Å². The van der Waals surface area contributed by atoms with Crippen molar-refractivity contribution in [2.75, 3.05) is 20.3 Å². The molecule has 0 saturated heterocycles. The summed E-state index contributed by atoms with van der Waals surface area (Å²) in [5.41, 5.74) is 5.32. The molecule has 47 heavy (non-hydrogen) atoms. The molecule has 1 atom stereocenters. The lowest BCUT2D eigenvalue weighted by molar-refractivity contribution is -0.139. The zero-order valence-corrected chi connectivity index (χ0v) is 27.9. The number of thiazole rings is 1. The standard InChI is InChI=1S/C37H35N3O6S/c1-7-45-35(42)25-13-16-27(17-14-25)39-21(3)19-26(23(39)5)20-30-34(41)40-33(31(36(43)46-8-2)22(4)38-37(40)47-30)32-28-12-10-9-11-24(28)15-18-29(32)44-6/h9-20,33H,7-8H2,1-6H3/b30-20+/t33-/m0/s1. The highest BCUT2D eigenvalue weighted by Gasteiger charge is 2.36. The molecule has 3 heterocycles. The maximum atomic E-state index is 14.4. The van der Waals surface area contributed by atoms with Crippen LogP contribution in [0.15, 0.2) is 87.8 Å². The van der Waals surface area contributed by atoms with Gasteiger partial charge >= 0.3 is 11.9 Å². The van der Waals surface area contributed by atoms with Crippen molar-refractivity contribution < 1.29 is 23.8 Å². The van der Waals surface area contributed by atoms with Crippen molar-refractivity contribution in [1.82, 2.24) is 9.13 Å². The minimum absolute atomic E-state index is 0.181. The topological polar surface area (TPSA) is 101 Å². The van der Waals surface area contributed by atoms with E-state index in [4.69, 9.17) is 19.2 Å². The van der Waals surface area contributed by atoms with Crippen molar-refractivity contribution in [2.45, 2.75) is 40.7 Å². The summed E-state index contributed by atoms with van der Waals surface area (Å²) in [7, 11) is 1.58. The first-order chi connectivity index (χ1) is 22.7. The summed E-state index contributed by atoms with van der Waals surface area (Å²) >= 11 is 1.27. The van der Waals surface area contributed by atoms with Crippen LogP contribution in [0.5, 0.6) is 5.75 Å². The summed E-state index contributed by atoms with van der Waals surface area (Å²) in [5, 5.41) is 1.81. The molecule has 0 fully saturated rings. The number of nitrogens with zero attached hydrogens (tertiary/aromatic N) is 3. The quantitative estimate of drug-likeness (QED) is 0.205. The summed E-state index contributed by atoms with van der Waals surface area (Å²) in [4.78, 5) is 45.3. The molecule has 0 aliphatic carbocycles. The number of aryl methyl sites for hydroxylation is 1. The van der Waals surface area contributed by atoms with Gasteiger partial charge in [-0.3, -0.25) is 9.36 Å². The van der Waals surface area contributed by atoms with Gasteiger partial charge in [0.05, 0.1) is 41.7 Å². The summed E-state index contributed by atoms with van der Waals surface area (Å²) in [5.74, 6) is -0.338. The van der Waals surface area contributed by atoms with Gasteiger partial charge in [-0.2, -0.15) is 0 Å². The van der Waals surface area contributed by atoms with Gasteiger partial charge in [0, 0.05) is 22.6 Å². The fourth-order valence-corrected chi connectivity index (χ4v) is 7.27. The maximum absolute atomic E-state index is 14.4. The fraction of sp³-hybridized carbons (Fsp3) is 0.243. The van der Waals surface area contributed by atoms with E-state index in [1.807, 2.05) is 74.5 Å². The Hall–Kier alpha value is -5.22. The van der Waals surface area contributed by atoms with Crippen molar-refractivity contribution >= 4 is 40.1 Å². The summed E-state index contributed by atoms with van der Waals surface area (Å²) in [6, 6.07) is 20.1. The highest BCUT2D eigenvalue weighted by molar-refractivity contribution is 7.07. The van der Waals surface area contributed by atoms with Gasteiger partial charge in [-0.1, -0.05) is 41.7 Å². The Kier molecular flexibility index (Phi) is 8.70. The zero-order chi connectivity index (χ0) is 33.4. The molecule has 0 N–H and O–H groups in total. The molecule has 0 amide bonds. The molecule has 240 valence electrons. The molecule has 5 aromatic rings. The van der Waals surface area contributed by atoms with E-state index in [0.29, 0.717) is 44.1 Å². The average Bonchev–Trinajstić information content (AvgIpc) is 3.52. The Labute approximate surface area is 275 Å². The lowest BCUT2D eigenvalue weighted by Gasteiger charge is -2.27. The van der Waals surface area contributed by atoms with E-state index in [0.717, 1.165) is 33.4 Å². The number of carbonyl (C=O) groups excluding carboxylic acids is 2.